The topological polar surface area (TPSA) is 80.0 Å². The Kier molecular flexibility index (Phi) is 6.97. The molecule has 1 aliphatic heterocycles. The molecule has 0 aliphatic carbocycles. The number of hydrogen-bond donors (Lipinski definition) is 2. The monoisotopic (exact) mass is 312 g/mol. The molecule has 1 aliphatic rings. The first-order valence-electron chi connectivity index (χ1n) is 8.22. The fourth-order valence-corrected chi connectivity index (χ4v) is 2.33. The molecule has 1 unspecified atom stereocenters. The van der Waals surface area contributed by atoms with E-state index in [0.717, 1.165) is 25.8 Å². The third-order valence-corrected chi connectivity index (χ3v) is 3.40. The number of nitrogens with two attached hydrogens (primary N) is 1. The highest BCUT2D eigenvalue weighted by molar-refractivity contribution is 5.78. The lowest BCUT2D eigenvalue weighted by Gasteiger charge is -2.36. The van der Waals surface area contributed by atoms with Gasteiger partial charge in [0.05, 0.1) is 6.04 Å². The summed E-state index contributed by atoms with van der Waals surface area (Å²) in [5.74, 6) is 0.928. The molecule has 6 nitrogen and oxygen atoms in total. The lowest BCUT2D eigenvalue weighted by Crippen LogP contribution is -2.51. The van der Waals surface area contributed by atoms with Gasteiger partial charge in [0.1, 0.15) is 5.60 Å². The second-order valence-corrected chi connectivity index (χ2v) is 7.32. The van der Waals surface area contributed by atoms with Gasteiger partial charge in [0.2, 0.25) is 0 Å². The van der Waals surface area contributed by atoms with E-state index in [1.165, 1.54) is 0 Å². The molecule has 1 rings (SSSR count). The summed E-state index contributed by atoms with van der Waals surface area (Å²) >= 11 is 0. The van der Waals surface area contributed by atoms with Gasteiger partial charge in [-0.15, -0.1) is 0 Å². The van der Waals surface area contributed by atoms with Crippen LogP contribution in [-0.4, -0.2) is 48.2 Å². The Morgan fingerprint density at radius 2 is 2.09 bits per heavy atom. The van der Waals surface area contributed by atoms with Crippen molar-refractivity contribution in [1.29, 1.82) is 0 Å². The number of piperidine rings is 1. The molecule has 3 N–H and O–H groups in total. The van der Waals surface area contributed by atoms with E-state index in [1.807, 2.05) is 25.7 Å². The van der Waals surface area contributed by atoms with Crippen LogP contribution in [0.5, 0.6) is 0 Å². The number of guanidine groups is 1. The largest absolute Gasteiger partial charge is 0.444 e. The molecule has 1 saturated heterocycles. The van der Waals surface area contributed by atoms with Crippen molar-refractivity contribution in [2.75, 3.05) is 19.6 Å². The van der Waals surface area contributed by atoms with Gasteiger partial charge in [0.15, 0.2) is 5.96 Å². The molecule has 0 aromatic carbocycles. The van der Waals surface area contributed by atoms with E-state index in [4.69, 9.17) is 10.5 Å². The van der Waals surface area contributed by atoms with Gasteiger partial charge in [0.25, 0.3) is 0 Å². The van der Waals surface area contributed by atoms with Gasteiger partial charge in [-0.3, -0.25) is 4.99 Å². The molecule has 0 aromatic heterocycles. The lowest BCUT2D eigenvalue weighted by molar-refractivity contribution is 0.0104. The minimum absolute atomic E-state index is 0.108. The summed E-state index contributed by atoms with van der Waals surface area (Å²) in [6.45, 7) is 11.9. The highest BCUT2D eigenvalue weighted by Crippen LogP contribution is 2.19. The highest BCUT2D eigenvalue weighted by atomic mass is 16.6. The maximum Gasteiger partial charge on any atom is 0.410 e. The van der Waals surface area contributed by atoms with E-state index in [2.05, 4.69) is 24.2 Å². The molecule has 128 valence electrons. The molecule has 6 heteroatoms. The van der Waals surface area contributed by atoms with E-state index in [1.54, 1.807) is 0 Å². The number of aliphatic imine (C=N–C) groups is 1. The summed E-state index contributed by atoms with van der Waals surface area (Å²) in [7, 11) is 0. The second-order valence-electron chi connectivity index (χ2n) is 7.32. The Morgan fingerprint density at radius 3 is 2.68 bits per heavy atom. The first-order chi connectivity index (χ1) is 10.2. The van der Waals surface area contributed by atoms with Crippen molar-refractivity contribution in [3.8, 4) is 0 Å². The number of carbonyl (C=O) groups excluding carboxylic acids is 1. The summed E-state index contributed by atoms with van der Waals surface area (Å²) in [4.78, 5) is 18.4. The molecular weight excluding hydrogens is 280 g/mol. The summed E-state index contributed by atoms with van der Waals surface area (Å²) in [6.07, 6.45) is 2.86. The minimum Gasteiger partial charge on any atom is -0.444 e. The van der Waals surface area contributed by atoms with E-state index < -0.39 is 5.60 Å². The first kappa shape index (κ1) is 18.6. The maximum atomic E-state index is 12.3. The maximum absolute atomic E-state index is 12.3. The van der Waals surface area contributed by atoms with Gasteiger partial charge in [-0.2, -0.15) is 0 Å². The predicted molar refractivity (Wildman–Crippen MR) is 89.9 cm³/mol. The van der Waals surface area contributed by atoms with Crippen LogP contribution in [0, 0.1) is 5.92 Å². The molecule has 1 atom stereocenters. The van der Waals surface area contributed by atoms with Crippen LogP contribution in [0.3, 0.4) is 0 Å². The summed E-state index contributed by atoms with van der Waals surface area (Å²) in [6, 6.07) is 0.108. The fraction of sp³-hybridized carbons (Fsp3) is 0.875. The van der Waals surface area contributed by atoms with Gasteiger partial charge in [-0.05, 0) is 46.0 Å². The normalized spacial score (nSPS) is 20.2. The number of nitrogens with one attached hydrogen (secondary N) is 1. The van der Waals surface area contributed by atoms with Crippen LogP contribution in [0.4, 0.5) is 4.79 Å². The molecule has 1 fully saturated rings. The molecule has 0 spiro atoms. The van der Waals surface area contributed by atoms with E-state index in [9.17, 15) is 4.79 Å². The Labute approximate surface area is 134 Å². The predicted octanol–water partition coefficient (Wildman–Crippen LogP) is 2.34. The van der Waals surface area contributed by atoms with Crippen LogP contribution in [-0.2, 0) is 4.74 Å². The van der Waals surface area contributed by atoms with Crippen LogP contribution in [0.25, 0.3) is 0 Å². The van der Waals surface area contributed by atoms with Gasteiger partial charge in [0, 0.05) is 19.6 Å². The van der Waals surface area contributed by atoms with Crippen LogP contribution in [0.2, 0.25) is 0 Å². The molecule has 0 bridgehead atoms. The van der Waals surface area contributed by atoms with Gasteiger partial charge >= 0.3 is 6.09 Å². The number of hydrogen-bond acceptors (Lipinski definition) is 3. The van der Waals surface area contributed by atoms with Crippen molar-refractivity contribution < 1.29 is 9.53 Å². The van der Waals surface area contributed by atoms with Gasteiger partial charge in [-0.1, -0.05) is 13.8 Å². The molecule has 0 saturated carbocycles. The van der Waals surface area contributed by atoms with E-state index >= 15 is 0 Å². The number of amides is 1. The first-order valence-corrected chi connectivity index (χ1v) is 8.22. The Balaban J connectivity index is 2.55. The molecule has 1 amide bonds. The summed E-state index contributed by atoms with van der Waals surface area (Å²) < 4.78 is 5.49. The lowest BCUT2D eigenvalue weighted by atomic mass is 10.0. The van der Waals surface area contributed by atoms with Gasteiger partial charge in [-0.25, -0.2) is 4.79 Å². The second kappa shape index (κ2) is 8.25. The third kappa shape index (κ3) is 7.00. The third-order valence-electron chi connectivity index (χ3n) is 3.40. The van der Waals surface area contributed by atoms with Crippen molar-refractivity contribution in [3.05, 3.63) is 0 Å². The Bertz CT molecular complexity index is 388. The number of likely N-dealkylation sites (tertiary alicyclic amines) is 1. The SMILES string of the molecule is CC(C)CN=C(N)NCC1CCCCN1C(=O)OC(C)(C)C. The summed E-state index contributed by atoms with van der Waals surface area (Å²) in [5.41, 5.74) is 5.40. The average Bonchev–Trinajstić information content (AvgIpc) is 2.41. The van der Waals surface area contributed by atoms with Crippen LogP contribution < -0.4 is 11.1 Å². The number of ether oxygens (including phenoxy) is 1. The van der Waals surface area contributed by atoms with Crippen molar-refractivity contribution in [2.45, 2.75) is 65.5 Å². The fourth-order valence-electron chi connectivity index (χ4n) is 2.33. The zero-order valence-corrected chi connectivity index (χ0v) is 14.7. The standard InChI is InChI=1S/C16H32N4O2/c1-12(2)10-18-14(17)19-11-13-8-6-7-9-20(13)15(21)22-16(3,4)5/h12-13H,6-11H2,1-5H3,(H3,17,18,19). The van der Waals surface area contributed by atoms with Crippen LogP contribution in [0.15, 0.2) is 4.99 Å². The Hall–Kier alpha value is -1.46. The van der Waals surface area contributed by atoms with Crippen LogP contribution >= 0.6 is 0 Å². The zero-order valence-electron chi connectivity index (χ0n) is 14.7. The number of nitrogens with zero attached hydrogens (tertiary/aromatic N) is 2. The van der Waals surface area contributed by atoms with Crippen molar-refractivity contribution in [3.63, 3.8) is 0 Å². The van der Waals surface area contributed by atoms with Crippen molar-refractivity contribution >= 4 is 12.1 Å². The highest BCUT2D eigenvalue weighted by Gasteiger charge is 2.30. The summed E-state index contributed by atoms with van der Waals surface area (Å²) in [5, 5.41) is 3.13. The Morgan fingerprint density at radius 1 is 1.41 bits per heavy atom. The number of rotatable bonds is 4. The molecule has 0 radical (unpaired) electrons. The van der Waals surface area contributed by atoms with E-state index in [-0.39, 0.29) is 12.1 Å². The molecule has 0 aromatic rings. The number of carbonyl (C=O) groups is 1. The van der Waals surface area contributed by atoms with E-state index in [0.29, 0.717) is 25.0 Å². The average molecular weight is 312 g/mol. The molecular formula is C16H32N4O2. The minimum atomic E-state index is -0.468. The van der Waals surface area contributed by atoms with Crippen molar-refractivity contribution in [1.82, 2.24) is 10.2 Å². The van der Waals surface area contributed by atoms with Crippen molar-refractivity contribution in [2.24, 2.45) is 16.6 Å². The quantitative estimate of drug-likeness (QED) is 0.617. The molecule has 22 heavy (non-hydrogen) atoms. The van der Waals surface area contributed by atoms with Gasteiger partial charge < -0.3 is 20.7 Å². The zero-order chi connectivity index (χ0) is 16.8. The molecule has 1 heterocycles. The van der Waals surface area contributed by atoms with Crippen LogP contribution in [0.1, 0.15) is 53.9 Å². The smallest absolute Gasteiger partial charge is 0.410 e.